The van der Waals surface area contributed by atoms with Gasteiger partial charge in [-0.3, -0.25) is 4.79 Å². The van der Waals surface area contributed by atoms with E-state index in [1.165, 1.54) is 11.8 Å². The molecule has 0 radical (unpaired) electrons. The Balaban J connectivity index is 2.66. The lowest BCUT2D eigenvalue weighted by Crippen LogP contribution is -2.12. The summed E-state index contributed by atoms with van der Waals surface area (Å²) in [4.78, 5) is 12.8. The number of rotatable bonds is 7. The minimum Gasteiger partial charge on any atom is -0.460 e. The summed E-state index contributed by atoms with van der Waals surface area (Å²) < 4.78 is 5.07. The molecule has 0 spiro atoms. The van der Waals surface area contributed by atoms with Gasteiger partial charge in [-0.25, -0.2) is 0 Å². The van der Waals surface area contributed by atoms with Crippen LogP contribution >= 0.6 is 23.1 Å². The Morgan fingerprint density at radius 2 is 2.38 bits per heavy atom. The summed E-state index contributed by atoms with van der Waals surface area (Å²) in [6.07, 6.45) is 3.35. The van der Waals surface area contributed by atoms with Crippen LogP contribution in [0, 0.1) is 0 Å². The number of thioether (sulfide) groups is 1. The van der Waals surface area contributed by atoms with Crippen molar-refractivity contribution < 1.29 is 9.53 Å². The molecule has 0 saturated carbocycles. The van der Waals surface area contributed by atoms with Crippen molar-refractivity contribution >= 4 is 29.1 Å². The summed E-state index contributed by atoms with van der Waals surface area (Å²) >= 11 is 3.08. The zero-order valence-electron chi connectivity index (χ0n) is 8.93. The lowest BCUT2D eigenvalue weighted by atomic mass is 10.3. The van der Waals surface area contributed by atoms with Gasteiger partial charge in [0.15, 0.2) is 0 Å². The first-order valence-electron chi connectivity index (χ1n) is 4.83. The molecule has 1 aromatic heterocycles. The van der Waals surface area contributed by atoms with Crippen molar-refractivity contribution in [3.63, 3.8) is 0 Å². The van der Waals surface area contributed by atoms with Gasteiger partial charge >= 0.3 is 5.97 Å². The molecule has 0 aliphatic carbocycles. The molecule has 4 heteroatoms. The Morgan fingerprint density at radius 1 is 1.56 bits per heavy atom. The van der Waals surface area contributed by atoms with Crippen LogP contribution in [0.1, 0.15) is 10.1 Å². The van der Waals surface area contributed by atoms with E-state index >= 15 is 0 Å². The first-order chi connectivity index (χ1) is 7.79. The molecule has 0 fully saturated rings. The molecular formula is C12H14O2S2. The van der Waals surface area contributed by atoms with Crippen LogP contribution in [0.15, 0.2) is 42.8 Å². The molecule has 86 valence electrons. The quantitative estimate of drug-likeness (QED) is 0.551. The van der Waals surface area contributed by atoms with Crippen molar-refractivity contribution in [2.24, 2.45) is 0 Å². The zero-order valence-corrected chi connectivity index (χ0v) is 10.6. The minimum atomic E-state index is -0.252. The highest BCUT2D eigenvalue weighted by molar-refractivity contribution is 8.00. The summed E-state index contributed by atoms with van der Waals surface area (Å²) in [6, 6.07) is 3.88. The van der Waals surface area contributed by atoms with Gasteiger partial charge in [0, 0.05) is 10.6 Å². The standard InChI is InChI=1S/C12H14O2S2/c1-3-7-14-12(13)11(16-8-4-2)10-6-5-9-15-10/h3-6,9,11H,1-2,7-8H2. The maximum Gasteiger partial charge on any atom is 0.324 e. The number of hydrogen-bond donors (Lipinski definition) is 0. The largest absolute Gasteiger partial charge is 0.460 e. The zero-order chi connectivity index (χ0) is 11.8. The van der Waals surface area contributed by atoms with E-state index in [1.54, 1.807) is 23.5 Å². The number of esters is 1. The fourth-order valence-electron chi connectivity index (χ4n) is 1.09. The van der Waals surface area contributed by atoms with Crippen LogP contribution in [0.4, 0.5) is 0 Å². The highest BCUT2D eigenvalue weighted by Gasteiger charge is 2.22. The Morgan fingerprint density at radius 3 is 2.94 bits per heavy atom. The number of ether oxygens (including phenoxy) is 1. The second-order valence-corrected chi connectivity index (χ2v) is 5.05. The van der Waals surface area contributed by atoms with Crippen molar-refractivity contribution in [3.8, 4) is 0 Å². The molecule has 2 nitrogen and oxygen atoms in total. The summed E-state index contributed by atoms with van der Waals surface area (Å²) in [5.41, 5.74) is 0. The smallest absolute Gasteiger partial charge is 0.324 e. The monoisotopic (exact) mass is 254 g/mol. The van der Waals surface area contributed by atoms with Gasteiger partial charge in [-0.2, -0.15) is 0 Å². The molecule has 1 atom stereocenters. The summed E-state index contributed by atoms with van der Waals surface area (Å²) in [5.74, 6) is 0.514. The van der Waals surface area contributed by atoms with Crippen LogP contribution in [-0.2, 0) is 9.53 Å². The van der Waals surface area contributed by atoms with E-state index in [9.17, 15) is 4.79 Å². The van der Waals surface area contributed by atoms with Gasteiger partial charge in [0.05, 0.1) is 0 Å². The van der Waals surface area contributed by atoms with Crippen LogP contribution < -0.4 is 0 Å². The van der Waals surface area contributed by atoms with Crippen molar-refractivity contribution in [2.45, 2.75) is 5.25 Å². The molecule has 0 aromatic carbocycles. The maximum absolute atomic E-state index is 11.8. The highest BCUT2D eigenvalue weighted by Crippen LogP contribution is 2.33. The van der Waals surface area contributed by atoms with Gasteiger partial charge in [-0.1, -0.05) is 24.8 Å². The van der Waals surface area contributed by atoms with Crippen LogP contribution in [0.3, 0.4) is 0 Å². The fourth-order valence-corrected chi connectivity index (χ4v) is 2.93. The lowest BCUT2D eigenvalue weighted by molar-refractivity contribution is -0.141. The van der Waals surface area contributed by atoms with Crippen molar-refractivity contribution in [3.05, 3.63) is 47.7 Å². The first kappa shape index (κ1) is 13.1. The van der Waals surface area contributed by atoms with E-state index in [-0.39, 0.29) is 17.8 Å². The highest BCUT2D eigenvalue weighted by atomic mass is 32.2. The predicted molar refractivity (Wildman–Crippen MR) is 70.9 cm³/mol. The second kappa shape index (κ2) is 7.30. The van der Waals surface area contributed by atoms with E-state index in [1.807, 2.05) is 17.5 Å². The topological polar surface area (TPSA) is 26.3 Å². The first-order valence-corrected chi connectivity index (χ1v) is 6.76. The molecule has 1 rings (SSSR count). The third-order valence-electron chi connectivity index (χ3n) is 1.74. The third-order valence-corrected chi connectivity index (χ3v) is 4.03. The molecule has 0 aliphatic rings. The molecule has 0 saturated heterocycles. The van der Waals surface area contributed by atoms with Crippen LogP contribution in [0.25, 0.3) is 0 Å². The van der Waals surface area contributed by atoms with Crippen LogP contribution in [0.5, 0.6) is 0 Å². The number of hydrogen-bond acceptors (Lipinski definition) is 4. The molecule has 0 bridgehead atoms. The van der Waals surface area contributed by atoms with Gasteiger partial charge in [0.1, 0.15) is 11.9 Å². The Bertz CT molecular complexity index is 344. The van der Waals surface area contributed by atoms with Gasteiger partial charge in [0.25, 0.3) is 0 Å². The van der Waals surface area contributed by atoms with Crippen molar-refractivity contribution in [1.82, 2.24) is 0 Å². The Hall–Kier alpha value is -1.00. The van der Waals surface area contributed by atoms with Gasteiger partial charge in [0.2, 0.25) is 0 Å². The van der Waals surface area contributed by atoms with Crippen molar-refractivity contribution in [1.29, 1.82) is 0 Å². The number of thiophene rings is 1. The van der Waals surface area contributed by atoms with Gasteiger partial charge in [-0.15, -0.1) is 29.7 Å². The lowest BCUT2D eigenvalue weighted by Gasteiger charge is -2.12. The van der Waals surface area contributed by atoms with E-state index in [4.69, 9.17) is 4.74 Å². The molecule has 1 unspecified atom stereocenters. The molecular weight excluding hydrogens is 240 g/mol. The minimum absolute atomic E-state index is 0.214. The van der Waals surface area contributed by atoms with Crippen molar-refractivity contribution in [2.75, 3.05) is 12.4 Å². The molecule has 0 aliphatic heterocycles. The summed E-state index contributed by atoms with van der Waals surface area (Å²) in [7, 11) is 0. The molecule has 1 aromatic rings. The Kier molecular flexibility index (Phi) is 5.96. The van der Waals surface area contributed by atoms with E-state index in [0.29, 0.717) is 0 Å². The summed E-state index contributed by atoms with van der Waals surface area (Å²) in [5, 5.41) is 1.70. The van der Waals surface area contributed by atoms with E-state index in [0.717, 1.165) is 10.6 Å². The second-order valence-electron chi connectivity index (χ2n) is 2.94. The summed E-state index contributed by atoms with van der Waals surface area (Å²) in [6.45, 7) is 7.43. The predicted octanol–water partition coefficient (Wildman–Crippen LogP) is 3.44. The molecule has 0 amide bonds. The van der Waals surface area contributed by atoms with Gasteiger partial charge in [-0.05, 0) is 11.4 Å². The number of carbonyl (C=O) groups is 1. The third kappa shape index (κ3) is 3.87. The van der Waals surface area contributed by atoms with Crippen LogP contribution in [-0.4, -0.2) is 18.3 Å². The average Bonchev–Trinajstić information content (AvgIpc) is 2.80. The molecule has 1 heterocycles. The number of carbonyl (C=O) groups excluding carboxylic acids is 1. The van der Waals surface area contributed by atoms with E-state index in [2.05, 4.69) is 13.2 Å². The molecule has 0 N–H and O–H groups in total. The Labute approximate surface area is 104 Å². The van der Waals surface area contributed by atoms with E-state index < -0.39 is 0 Å². The van der Waals surface area contributed by atoms with Gasteiger partial charge < -0.3 is 4.74 Å². The molecule has 16 heavy (non-hydrogen) atoms. The average molecular weight is 254 g/mol. The normalized spacial score (nSPS) is 11.8. The fraction of sp³-hybridized carbons (Fsp3) is 0.250. The SMILES string of the molecule is C=CCOC(=O)C(SCC=C)c1cccs1. The maximum atomic E-state index is 11.8. The van der Waals surface area contributed by atoms with Crippen LogP contribution in [0.2, 0.25) is 0 Å².